The van der Waals surface area contributed by atoms with Gasteiger partial charge in [0.25, 0.3) is 0 Å². The molecule has 0 bridgehead atoms. The molecule has 0 aliphatic rings. The highest BCUT2D eigenvalue weighted by molar-refractivity contribution is 6.32. The zero-order chi connectivity index (χ0) is 14.2. The van der Waals surface area contributed by atoms with Gasteiger partial charge in [0.1, 0.15) is 5.69 Å². The van der Waals surface area contributed by atoms with Crippen molar-refractivity contribution in [3.05, 3.63) is 45.5 Å². The number of aromatic nitrogens is 3. The minimum absolute atomic E-state index is 0.00104. The van der Waals surface area contributed by atoms with Crippen LogP contribution in [0.2, 0.25) is 5.15 Å². The molecule has 0 unspecified atom stereocenters. The fourth-order valence-corrected chi connectivity index (χ4v) is 2.01. The van der Waals surface area contributed by atoms with Crippen molar-refractivity contribution in [1.82, 2.24) is 14.8 Å². The van der Waals surface area contributed by atoms with E-state index in [1.807, 2.05) is 20.8 Å². The Morgan fingerprint density at radius 3 is 2.32 bits per heavy atom. The molecule has 2 aromatic rings. The molecule has 100 valence electrons. The van der Waals surface area contributed by atoms with Crippen LogP contribution in [0.4, 0.5) is 5.69 Å². The molecule has 7 heteroatoms. The SMILES string of the molecule is CC(C)(C)c1nn(-c2ccncc2)c(Cl)c1[N+](=O)[O-]. The lowest BCUT2D eigenvalue weighted by atomic mass is 9.91. The number of nitro groups is 1. The molecular weight excluding hydrogens is 268 g/mol. The second kappa shape index (κ2) is 4.62. The minimum atomic E-state index is -0.492. The van der Waals surface area contributed by atoms with E-state index in [4.69, 9.17) is 11.6 Å². The lowest BCUT2D eigenvalue weighted by Gasteiger charge is -2.13. The van der Waals surface area contributed by atoms with Crippen molar-refractivity contribution < 1.29 is 4.92 Å². The van der Waals surface area contributed by atoms with E-state index < -0.39 is 10.3 Å². The molecule has 0 aliphatic carbocycles. The predicted molar refractivity (Wildman–Crippen MR) is 71.7 cm³/mol. The van der Waals surface area contributed by atoms with Crippen LogP contribution in [0.15, 0.2) is 24.5 Å². The molecule has 2 rings (SSSR count). The molecule has 0 amide bonds. The summed E-state index contributed by atoms with van der Waals surface area (Å²) in [5.41, 5.74) is 0.383. The van der Waals surface area contributed by atoms with Crippen LogP contribution in [0.3, 0.4) is 0 Å². The Hall–Kier alpha value is -1.95. The van der Waals surface area contributed by atoms with Gasteiger partial charge in [-0.2, -0.15) is 5.10 Å². The monoisotopic (exact) mass is 280 g/mol. The van der Waals surface area contributed by atoms with E-state index in [-0.39, 0.29) is 10.8 Å². The van der Waals surface area contributed by atoms with Crippen LogP contribution in [0, 0.1) is 10.1 Å². The Balaban J connectivity index is 2.70. The fraction of sp³-hybridized carbons (Fsp3) is 0.333. The van der Waals surface area contributed by atoms with E-state index in [2.05, 4.69) is 10.1 Å². The second-order valence-electron chi connectivity index (χ2n) is 5.11. The van der Waals surface area contributed by atoms with Gasteiger partial charge in [0.15, 0.2) is 0 Å². The molecule has 19 heavy (non-hydrogen) atoms. The summed E-state index contributed by atoms with van der Waals surface area (Å²) < 4.78 is 1.36. The lowest BCUT2D eigenvalue weighted by molar-refractivity contribution is -0.385. The number of hydrogen-bond acceptors (Lipinski definition) is 4. The summed E-state index contributed by atoms with van der Waals surface area (Å²) in [6, 6.07) is 3.38. The van der Waals surface area contributed by atoms with Crippen molar-refractivity contribution in [2.24, 2.45) is 0 Å². The standard InChI is InChI=1S/C12H13ClN4O2/c1-12(2,3)10-9(17(18)19)11(13)16(15-10)8-4-6-14-7-5-8/h4-7H,1-3H3. The third kappa shape index (κ3) is 2.44. The van der Waals surface area contributed by atoms with Gasteiger partial charge in [0.2, 0.25) is 5.15 Å². The van der Waals surface area contributed by atoms with Crippen LogP contribution in [-0.4, -0.2) is 19.7 Å². The van der Waals surface area contributed by atoms with E-state index >= 15 is 0 Å². The van der Waals surface area contributed by atoms with E-state index in [9.17, 15) is 10.1 Å². The van der Waals surface area contributed by atoms with Crippen LogP contribution in [0.5, 0.6) is 0 Å². The molecule has 2 aromatic heterocycles. The van der Waals surface area contributed by atoms with Crippen molar-refractivity contribution in [2.45, 2.75) is 26.2 Å². The van der Waals surface area contributed by atoms with Crippen LogP contribution < -0.4 is 0 Å². The maximum atomic E-state index is 11.2. The maximum Gasteiger partial charge on any atom is 0.330 e. The summed E-state index contributed by atoms with van der Waals surface area (Å²) in [5.74, 6) is 0. The Kier molecular flexibility index (Phi) is 3.28. The normalized spacial score (nSPS) is 11.6. The quantitative estimate of drug-likeness (QED) is 0.626. The van der Waals surface area contributed by atoms with Gasteiger partial charge in [-0.3, -0.25) is 15.1 Å². The third-order valence-corrected chi connectivity index (χ3v) is 2.95. The van der Waals surface area contributed by atoms with Gasteiger partial charge in [0, 0.05) is 17.8 Å². The summed E-state index contributed by atoms with van der Waals surface area (Å²) in [6.07, 6.45) is 3.16. The van der Waals surface area contributed by atoms with E-state index in [0.717, 1.165) is 0 Å². The molecule has 0 saturated heterocycles. The van der Waals surface area contributed by atoms with Gasteiger partial charge in [-0.05, 0) is 12.1 Å². The summed E-state index contributed by atoms with van der Waals surface area (Å²) in [6.45, 7) is 5.57. The first-order chi connectivity index (χ1) is 8.82. The fourth-order valence-electron chi connectivity index (χ4n) is 1.71. The first-order valence-electron chi connectivity index (χ1n) is 5.66. The van der Waals surface area contributed by atoms with Gasteiger partial charge in [-0.15, -0.1) is 0 Å². The molecule has 6 nitrogen and oxygen atoms in total. The Bertz CT molecular complexity index is 617. The third-order valence-electron chi connectivity index (χ3n) is 2.61. The maximum absolute atomic E-state index is 11.2. The Morgan fingerprint density at radius 2 is 1.89 bits per heavy atom. The zero-order valence-electron chi connectivity index (χ0n) is 10.8. The number of nitrogens with zero attached hydrogens (tertiary/aromatic N) is 4. The van der Waals surface area contributed by atoms with Crippen molar-refractivity contribution in [2.75, 3.05) is 0 Å². The number of rotatable bonds is 2. The largest absolute Gasteiger partial charge is 0.330 e. The highest BCUT2D eigenvalue weighted by atomic mass is 35.5. The van der Waals surface area contributed by atoms with E-state index in [0.29, 0.717) is 11.4 Å². The second-order valence-corrected chi connectivity index (χ2v) is 5.47. The van der Waals surface area contributed by atoms with E-state index in [1.54, 1.807) is 24.5 Å². The predicted octanol–water partition coefficient (Wildman–Crippen LogP) is 3.13. The molecule has 0 radical (unpaired) electrons. The van der Waals surface area contributed by atoms with Gasteiger partial charge in [0.05, 0.1) is 10.6 Å². The molecule has 0 aromatic carbocycles. The summed E-state index contributed by atoms with van der Waals surface area (Å²) >= 11 is 6.10. The number of pyridine rings is 1. The smallest absolute Gasteiger partial charge is 0.265 e. The van der Waals surface area contributed by atoms with Crippen molar-refractivity contribution in [3.8, 4) is 5.69 Å². The zero-order valence-corrected chi connectivity index (χ0v) is 11.5. The number of halogens is 1. The van der Waals surface area contributed by atoms with Crippen LogP contribution in [0.25, 0.3) is 5.69 Å². The highest BCUT2D eigenvalue weighted by Gasteiger charge is 2.34. The van der Waals surface area contributed by atoms with Gasteiger partial charge >= 0.3 is 5.69 Å². The first-order valence-corrected chi connectivity index (χ1v) is 6.04. The molecule has 0 N–H and O–H groups in total. The average molecular weight is 281 g/mol. The van der Waals surface area contributed by atoms with Crippen molar-refractivity contribution in [3.63, 3.8) is 0 Å². The lowest BCUT2D eigenvalue weighted by Crippen LogP contribution is -2.14. The summed E-state index contributed by atoms with van der Waals surface area (Å²) in [4.78, 5) is 14.6. The molecular formula is C12H13ClN4O2. The minimum Gasteiger partial charge on any atom is -0.265 e. The molecule has 0 fully saturated rings. The van der Waals surface area contributed by atoms with E-state index in [1.165, 1.54) is 4.68 Å². The summed E-state index contributed by atoms with van der Waals surface area (Å²) in [7, 11) is 0. The molecule has 0 atom stereocenters. The van der Waals surface area contributed by atoms with Gasteiger partial charge in [-0.1, -0.05) is 32.4 Å². The van der Waals surface area contributed by atoms with Crippen molar-refractivity contribution >= 4 is 17.3 Å². The van der Waals surface area contributed by atoms with Crippen molar-refractivity contribution in [1.29, 1.82) is 0 Å². The molecule has 0 saturated carbocycles. The van der Waals surface area contributed by atoms with Crippen LogP contribution >= 0.6 is 11.6 Å². The van der Waals surface area contributed by atoms with Gasteiger partial charge in [-0.25, -0.2) is 4.68 Å². The summed E-state index contributed by atoms with van der Waals surface area (Å²) in [5, 5.41) is 15.5. The highest BCUT2D eigenvalue weighted by Crippen LogP contribution is 2.37. The first kappa shape index (κ1) is 13.5. The van der Waals surface area contributed by atoms with Crippen LogP contribution in [0.1, 0.15) is 26.5 Å². The van der Waals surface area contributed by atoms with Gasteiger partial charge < -0.3 is 0 Å². The van der Waals surface area contributed by atoms with Crippen LogP contribution in [-0.2, 0) is 5.41 Å². The number of hydrogen-bond donors (Lipinski definition) is 0. The molecule has 2 heterocycles. The Labute approximate surface area is 115 Å². The molecule has 0 aliphatic heterocycles. The Morgan fingerprint density at radius 1 is 1.32 bits per heavy atom. The molecule has 0 spiro atoms. The topological polar surface area (TPSA) is 73.8 Å². The average Bonchev–Trinajstić information content (AvgIpc) is 2.68.